The van der Waals surface area contributed by atoms with Crippen molar-refractivity contribution in [1.29, 1.82) is 0 Å². The van der Waals surface area contributed by atoms with Crippen molar-refractivity contribution in [2.75, 3.05) is 18.4 Å². The second-order valence-corrected chi connectivity index (χ2v) is 5.87. The van der Waals surface area contributed by atoms with Crippen molar-refractivity contribution in [3.8, 4) is 0 Å². The molecule has 1 amide bonds. The minimum Gasteiger partial charge on any atom is -0.325 e. The smallest absolute Gasteiger partial charge is 0.288 e. The predicted molar refractivity (Wildman–Crippen MR) is 77.2 cm³/mol. The lowest BCUT2D eigenvalue weighted by atomic mass is 10.2. The van der Waals surface area contributed by atoms with Crippen molar-refractivity contribution >= 4 is 23.4 Å². The van der Waals surface area contributed by atoms with E-state index in [1.807, 2.05) is 6.92 Å². The number of thioether (sulfide) groups is 1. The number of rotatable bonds is 5. The minimum atomic E-state index is -2.43. The van der Waals surface area contributed by atoms with Crippen molar-refractivity contribution in [2.24, 2.45) is 0 Å². The molecule has 0 spiro atoms. The highest BCUT2D eigenvalue weighted by Crippen LogP contribution is 2.26. The molecule has 0 aromatic heterocycles. The molecule has 2 rings (SSSR count). The maximum Gasteiger partial charge on any atom is 0.288 e. The van der Waals surface area contributed by atoms with Crippen molar-refractivity contribution < 1.29 is 13.6 Å². The zero-order chi connectivity index (χ0) is 14.5. The number of benzene rings is 1. The first-order valence-corrected chi connectivity index (χ1v) is 7.54. The summed E-state index contributed by atoms with van der Waals surface area (Å²) in [6.45, 7) is 3.80. The van der Waals surface area contributed by atoms with Crippen LogP contribution < -0.4 is 5.32 Å². The van der Waals surface area contributed by atoms with Crippen LogP contribution in [0.25, 0.3) is 0 Å². The zero-order valence-electron chi connectivity index (χ0n) is 11.3. The second-order valence-electron chi connectivity index (χ2n) is 4.81. The van der Waals surface area contributed by atoms with E-state index in [0.717, 1.165) is 25.9 Å². The number of nitrogens with one attached hydrogen (secondary N) is 1. The number of nitrogens with zero attached hydrogens (tertiary/aromatic N) is 1. The molecule has 1 aromatic carbocycles. The molecule has 0 unspecified atom stereocenters. The van der Waals surface area contributed by atoms with Crippen LogP contribution in [0.4, 0.5) is 14.5 Å². The van der Waals surface area contributed by atoms with Gasteiger partial charge in [-0.1, -0.05) is 11.8 Å². The molecule has 1 aromatic rings. The third kappa shape index (κ3) is 4.18. The average Bonchev–Trinajstić information content (AvgIpc) is 2.93. The van der Waals surface area contributed by atoms with E-state index in [-0.39, 0.29) is 11.9 Å². The summed E-state index contributed by atoms with van der Waals surface area (Å²) in [6.07, 6.45) is 2.27. The summed E-state index contributed by atoms with van der Waals surface area (Å²) >= 11 is 0.498. The number of halogens is 2. The molecule has 1 aliphatic rings. The molecule has 6 heteroatoms. The molecular weight excluding hydrogens is 282 g/mol. The summed E-state index contributed by atoms with van der Waals surface area (Å²) in [5.74, 6) is -2.48. The van der Waals surface area contributed by atoms with Gasteiger partial charge in [-0.05, 0) is 57.1 Å². The van der Waals surface area contributed by atoms with E-state index in [1.165, 1.54) is 0 Å². The first-order chi connectivity index (χ1) is 9.56. The Kier molecular flexibility index (Phi) is 5.37. The fraction of sp³-hybridized carbons (Fsp3) is 0.500. The van der Waals surface area contributed by atoms with Gasteiger partial charge in [-0.2, -0.15) is 8.78 Å². The number of hydrogen-bond acceptors (Lipinski definition) is 3. The van der Waals surface area contributed by atoms with Crippen molar-refractivity contribution in [3.63, 3.8) is 0 Å². The van der Waals surface area contributed by atoms with Gasteiger partial charge in [0, 0.05) is 10.6 Å². The van der Waals surface area contributed by atoms with Crippen LogP contribution in [0.1, 0.15) is 19.8 Å². The van der Waals surface area contributed by atoms with Gasteiger partial charge in [-0.3, -0.25) is 9.69 Å². The van der Waals surface area contributed by atoms with Crippen LogP contribution in [0.2, 0.25) is 0 Å². The monoisotopic (exact) mass is 300 g/mol. The van der Waals surface area contributed by atoms with Gasteiger partial charge in [0.05, 0.1) is 6.04 Å². The molecule has 3 nitrogen and oxygen atoms in total. The SMILES string of the molecule is C[C@@H](C(=O)Nc1ccc(SC(F)F)cc1)N1CCCC1. The van der Waals surface area contributed by atoms with E-state index in [9.17, 15) is 13.6 Å². The summed E-state index contributed by atoms with van der Waals surface area (Å²) in [7, 11) is 0. The normalized spacial score (nSPS) is 17.4. The van der Waals surface area contributed by atoms with Gasteiger partial charge < -0.3 is 5.32 Å². The van der Waals surface area contributed by atoms with Crippen LogP contribution in [0.3, 0.4) is 0 Å². The number of carbonyl (C=O) groups is 1. The number of alkyl halides is 2. The predicted octanol–water partition coefficient (Wildman–Crippen LogP) is 3.42. The fourth-order valence-electron chi connectivity index (χ4n) is 2.26. The number of carbonyl (C=O) groups excluding carboxylic acids is 1. The van der Waals surface area contributed by atoms with Gasteiger partial charge in [0.1, 0.15) is 0 Å². The summed E-state index contributed by atoms with van der Waals surface area (Å²) in [5, 5.41) is 2.82. The molecule has 1 N–H and O–H groups in total. The third-order valence-electron chi connectivity index (χ3n) is 3.41. The average molecular weight is 300 g/mol. The number of likely N-dealkylation sites (tertiary alicyclic amines) is 1. The molecule has 20 heavy (non-hydrogen) atoms. The first kappa shape index (κ1) is 15.3. The molecule has 0 saturated carbocycles. The minimum absolute atomic E-state index is 0.0545. The van der Waals surface area contributed by atoms with Crippen molar-refractivity contribution in [3.05, 3.63) is 24.3 Å². The fourth-order valence-corrected chi connectivity index (χ4v) is 2.76. The van der Waals surface area contributed by atoms with E-state index in [1.54, 1.807) is 24.3 Å². The van der Waals surface area contributed by atoms with E-state index in [4.69, 9.17) is 0 Å². The Bertz CT molecular complexity index is 447. The standard InChI is InChI=1S/C14H18F2N2OS/c1-10(18-8-2-3-9-18)13(19)17-11-4-6-12(7-5-11)20-14(15)16/h4-7,10,14H,2-3,8-9H2,1H3,(H,17,19)/t10-/m0/s1. The topological polar surface area (TPSA) is 32.3 Å². The molecule has 1 saturated heterocycles. The van der Waals surface area contributed by atoms with Crippen LogP contribution >= 0.6 is 11.8 Å². The van der Waals surface area contributed by atoms with Crippen LogP contribution in [-0.2, 0) is 4.79 Å². The lowest BCUT2D eigenvalue weighted by Gasteiger charge is -2.22. The summed E-state index contributed by atoms with van der Waals surface area (Å²) in [5.41, 5.74) is 0.639. The Morgan fingerprint density at radius 3 is 2.40 bits per heavy atom. The number of anilines is 1. The lowest BCUT2D eigenvalue weighted by Crippen LogP contribution is -2.40. The Balaban J connectivity index is 1.90. The van der Waals surface area contributed by atoms with Crippen LogP contribution in [0, 0.1) is 0 Å². The maximum absolute atomic E-state index is 12.2. The first-order valence-electron chi connectivity index (χ1n) is 6.66. The van der Waals surface area contributed by atoms with E-state index < -0.39 is 5.76 Å². The highest BCUT2D eigenvalue weighted by Gasteiger charge is 2.23. The largest absolute Gasteiger partial charge is 0.325 e. The molecule has 1 heterocycles. The summed E-state index contributed by atoms with van der Waals surface area (Å²) in [6, 6.07) is 6.33. The molecule has 0 radical (unpaired) electrons. The van der Waals surface area contributed by atoms with Crippen LogP contribution in [0.15, 0.2) is 29.2 Å². The Labute approximate surface area is 121 Å². The van der Waals surface area contributed by atoms with Gasteiger partial charge in [-0.15, -0.1) is 0 Å². The Morgan fingerprint density at radius 2 is 1.85 bits per heavy atom. The zero-order valence-corrected chi connectivity index (χ0v) is 12.1. The molecule has 1 atom stereocenters. The molecule has 0 aliphatic carbocycles. The van der Waals surface area contributed by atoms with Crippen molar-refractivity contribution in [2.45, 2.75) is 36.5 Å². The number of amides is 1. The van der Waals surface area contributed by atoms with Gasteiger partial charge in [0.2, 0.25) is 5.91 Å². The van der Waals surface area contributed by atoms with Gasteiger partial charge >= 0.3 is 0 Å². The van der Waals surface area contributed by atoms with E-state index >= 15 is 0 Å². The molecule has 1 fully saturated rings. The van der Waals surface area contributed by atoms with Crippen molar-refractivity contribution in [1.82, 2.24) is 4.90 Å². The Morgan fingerprint density at radius 1 is 1.25 bits per heavy atom. The Hall–Kier alpha value is -1.14. The van der Waals surface area contributed by atoms with E-state index in [2.05, 4.69) is 10.2 Å². The summed E-state index contributed by atoms with van der Waals surface area (Å²) in [4.78, 5) is 14.7. The quantitative estimate of drug-likeness (QED) is 0.846. The maximum atomic E-state index is 12.2. The van der Waals surface area contributed by atoms with Gasteiger partial charge in [0.15, 0.2) is 0 Å². The molecule has 0 bridgehead atoms. The molecule has 110 valence electrons. The third-order valence-corrected chi connectivity index (χ3v) is 4.14. The molecular formula is C14H18F2N2OS. The summed E-state index contributed by atoms with van der Waals surface area (Å²) < 4.78 is 24.4. The lowest BCUT2D eigenvalue weighted by molar-refractivity contribution is -0.120. The highest BCUT2D eigenvalue weighted by atomic mass is 32.2. The molecule has 1 aliphatic heterocycles. The number of hydrogen-bond donors (Lipinski definition) is 1. The second kappa shape index (κ2) is 7.04. The van der Waals surface area contributed by atoms with Crippen LogP contribution in [0.5, 0.6) is 0 Å². The van der Waals surface area contributed by atoms with Gasteiger partial charge in [0.25, 0.3) is 5.76 Å². The van der Waals surface area contributed by atoms with Gasteiger partial charge in [-0.25, -0.2) is 0 Å². The highest BCUT2D eigenvalue weighted by molar-refractivity contribution is 7.99. The van der Waals surface area contributed by atoms with E-state index in [0.29, 0.717) is 22.3 Å². The van der Waals surface area contributed by atoms with Crippen LogP contribution in [-0.4, -0.2) is 35.7 Å².